The van der Waals surface area contributed by atoms with Crippen molar-refractivity contribution in [3.63, 3.8) is 0 Å². The molecular weight excluding hydrogens is 318 g/mol. The van der Waals surface area contributed by atoms with Crippen molar-refractivity contribution in [1.82, 2.24) is 34.6 Å². The summed E-state index contributed by atoms with van der Waals surface area (Å²) < 4.78 is 17.2. The van der Waals surface area contributed by atoms with Crippen LogP contribution in [0.4, 0.5) is 0 Å². The maximum atomic E-state index is 12.1. The number of tetrazole rings is 1. The summed E-state index contributed by atoms with van der Waals surface area (Å²) in [5, 5.41) is 14.0. The lowest BCUT2D eigenvalue weighted by molar-refractivity contribution is 0.263. The molecule has 0 N–H and O–H groups in total. The average Bonchev–Trinajstić information content (AvgIpc) is 3.17. The number of rotatable bonds is 4. The molecule has 0 aliphatic carbocycles. The average molecular weight is 337 g/mol. The first-order valence-electron chi connectivity index (χ1n) is 7.39. The molecule has 3 heterocycles. The van der Waals surface area contributed by atoms with Gasteiger partial charge in [-0.05, 0) is 31.2 Å². The lowest BCUT2D eigenvalue weighted by atomic mass is 10.1. The van der Waals surface area contributed by atoms with Gasteiger partial charge in [-0.2, -0.15) is 14.5 Å². The normalized spacial score (nSPS) is 12.4. The Labute approximate surface area is 137 Å². The molecule has 0 aliphatic heterocycles. The Bertz CT molecular complexity index is 918. The smallest absolute Gasteiger partial charge is 0.368 e. The Balaban J connectivity index is 2.02. The highest BCUT2D eigenvalue weighted by Gasteiger charge is 2.24. The Morgan fingerprint density at radius 1 is 1.39 bits per heavy atom. The van der Waals surface area contributed by atoms with Gasteiger partial charge in [0, 0.05) is 18.6 Å². The molecule has 9 nitrogen and oxygen atoms in total. The monoisotopic (exact) mass is 337 g/mol. The first-order valence-corrected chi connectivity index (χ1v) is 7.77. The minimum Gasteiger partial charge on any atom is -0.463 e. The molecule has 0 atom stereocenters. The molecule has 0 spiro atoms. The number of hydrogen-bond donors (Lipinski definition) is 0. The van der Waals surface area contributed by atoms with E-state index < -0.39 is 0 Å². The van der Waals surface area contributed by atoms with Gasteiger partial charge in [0.2, 0.25) is 0 Å². The molecular formula is C13H17N7O2S. The van der Waals surface area contributed by atoms with Gasteiger partial charge in [-0.1, -0.05) is 11.3 Å². The fourth-order valence-corrected chi connectivity index (χ4v) is 2.54. The largest absolute Gasteiger partial charge is 0.463 e. The SMILES string of the molecule is [3H]c1csc(OCc2c(-n3nnn(C)c3=O)cnn2C(C)(C)C)n1. The zero-order valence-electron chi connectivity index (χ0n) is 14.2. The molecule has 23 heavy (non-hydrogen) atoms. The van der Waals surface area contributed by atoms with Crippen LogP contribution in [0.15, 0.2) is 22.5 Å². The summed E-state index contributed by atoms with van der Waals surface area (Å²) in [6.45, 7) is 6.14. The minimum atomic E-state index is -0.368. The second-order valence-corrected chi connectivity index (χ2v) is 6.71. The predicted octanol–water partition coefficient (Wildman–Crippen LogP) is 0.953. The molecule has 0 saturated carbocycles. The van der Waals surface area contributed by atoms with Crippen molar-refractivity contribution in [2.45, 2.75) is 32.9 Å². The quantitative estimate of drug-likeness (QED) is 0.704. The van der Waals surface area contributed by atoms with Gasteiger partial charge in [-0.3, -0.25) is 4.68 Å². The lowest BCUT2D eigenvalue weighted by Gasteiger charge is -2.22. The molecule has 0 saturated heterocycles. The van der Waals surface area contributed by atoms with Crippen LogP contribution in [0.25, 0.3) is 5.69 Å². The van der Waals surface area contributed by atoms with Gasteiger partial charge in [0.15, 0.2) is 0 Å². The van der Waals surface area contributed by atoms with Gasteiger partial charge in [0.1, 0.15) is 18.0 Å². The number of aromatic nitrogens is 7. The summed E-state index contributed by atoms with van der Waals surface area (Å²) in [5.74, 6) is 0. The summed E-state index contributed by atoms with van der Waals surface area (Å²) >= 11 is 1.24. The Morgan fingerprint density at radius 2 is 2.17 bits per heavy atom. The van der Waals surface area contributed by atoms with E-state index >= 15 is 0 Å². The first-order chi connectivity index (χ1) is 11.3. The summed E-state index contributed by atoms with van der Waals surface area (Å²) in [7, 11) is 1.53. The molecule has 0 unspecified atom stereocenters. The van der Waals surface area contributed by atoms with E-state index in [1.807, 2.05) is 20.8 Å². The summed E-state index contributed by atoms with van der Waals surface area (Å²) in [6, 6.07) is 0. The van der Waals surface area contributed by atoms with Crippen LogP contribution in [0.3, 0.4) is 0 Å². The van der Waals surface area contributed by atoms with Crippen LogP contribution in [0.2, 0.25) is 0 Å². The Morgan fingerprint density at radius 3 is 2.74 bits per heavy atom. The highest BCUT2D eigenvalue weighted by atomic mass is 32.1. The van der Waals surface area contributed by atoms with Gasteiger partial charge >= 0.3 is 5.69 Å². The molecule has 0 fully saturated rings. The maximum absolute atomic E-state index is 12.1. The molecule has 122 valence electrons. The van der Waals surface area contributed by atoms with Crippen LogP contribution in [0.5, 0.6) is 5.19 Å². The van der Waals surface area contributed by atoms with Crippen LogP contribution in [0, 0.1) is 0 Å². The van der Waals surface area contributed by atoms with Crippen molar-refractivity contribution in [2.24, 2.45) is 7.05 Å². The van der Waals surface area contributed by atoms with Gasteiger partial charge in [0.25, 0.3) is 5.19 Å². The van der Waals surface area contributed by atoms with Crippen molar-refractivity contribution in [3.05, 3.63) is 33.9 Å². The number of ether oxygens (including phenoxy) is 1. The van der Waals surface area contributed by atoms with E-state index in [1.54, 1.807) is 16.3 Å². The van der Waals surface area contributed by atoms with E-state index in [2.05, 4.69) is 20.5 Å². The lowest BCUT2D eigenvalue weighted by Crippen LogP contribution is -2.28. The van der Waals surface area contributed by atoms with E-state index in [0.29, 0.717) is 16.6 Å². The summed E-state index contributed by atoms with van der Waals surface area (Å²) in [5.41, 5.74) is 0.497. The topological polar surface area (TPSA) is 92.6 Å². The van der Waals surface area contributed by atoms with Crippen molar-refractivity contribution >= 4 is 11.3 Å². The third-order valence-electron chi connectivity index (χ3n) is 3.13. The number of nitrogens with zero attached hydrogens (tertiary/aromatic N) is 7. The van der Waals surface area contributed by atoms with Crippen LogP contribution >= 0.6 is 11.3 Å². The zero-order chi connectivity index (χ0) is 17.5. The molecule has 0 bridgehead atoms. The second kappa shape index (κ2) is 5.61. The standard InChI is InChI=1S/C13H17N7O2S/c1-13(2,3)20-10(8-22-11-14-5-6-23-11)9(7-15-20)19-12(21)18(4)16-17-19/h5-7H,8H2,1-4H3/i5T. The van der Waals surface area contributed by atoms with Gasteiger partial charge < -0.3 is 4.74 Å². The molecule has 3 rings (SSSR count). The number of aryl methyl sites for hydroxylation is 1. The van der Waals surface area contributed by atoms with Crippen molar-refractivity contribution in [3.8, 4) is 10.9 Å². The molecule has 0 aromatic carbocycles. The van der Waals surface area contributed by atoms with Gasteiger partial charge in [0.05, 0.1) is 13.1 Å². The highest BCUT2D eigenvalue weighted by molar-refractivity contribution is 7.11. The fraction of sp³-hybridized carbons (Fsp3) is 0.462. The predicted molar refractivity (Wildman–Crippen MR) is 83.8 cm³/mol. The molecule has 0 radical (unpaired) electrons. The molecule has 3 aromatic rings. The molecule has 10 heteroatoms. The maximum Gasteiger partial charge on any atom is 0.368 e. The highest BCUT2D eigenvalue weighted by Crippen LogP contribution is 2.23. The first kappa shape index (κ1) is 14.1. The Hall–Kier alpha value is -2.49. The van der Waals surface area contributed by atoms with Crippen molar-refractivity contribution in [2.75, 3.05) is 0 Å². The number of hydrogen-bond acceptors (Lipinski definition) is 7. The second-order valence-electron chi connectivity index (χ2n) is 5.89. The van der Waals surface area contributed by atoms with E-state index in [-0.39, 0.29) is 24.0 Å². The zero-order valence-corrected chi connectivity index (χ0v) is 14.0. The van der Waals surface area contributed by atoms with Crippen molar-refractivity contribution < 1.29 is 6.11 Å². The van der Waals surface area contributed by atoms with Gasteiger partial charge in [-0.15, -0.1) is 0 Å². The van der Waals surface area contributed by atoms with Crippen LogP contribution < -0.4 is 10.4 Å². The molecule has 3 aromatic heterocycles. The summed E-state index contributed by atoms with van der Waals surface area (Å²) in [6.07, 6.45) is 1.72. The van der Waals surface area contributed by atoms with Crippen LogP contribution in [0.1, 0.15) is 27.8 Å². The van der Waals surface area contributed by atoms with Crippen LogP contribution in [-0.4, -0.2) is 34.6 Å². The molecule has 0 aliphatic rings. The molecule has 0 amide bonds. The van der Waals surface area contributed by atoms with Crippen molar-refractivity contribution in [1.29, 1.82) is 0 Å². The summed E-state index contributed by atoms with van der Waals surface area (Å²) in [4.78, 5) is 16.1. The van der Waals surface area contributed by atoms with E-state index in [1.165, 1.54) is 23.1 Å². The van der Waals surface area contributed by atoms with E-state index in [9.17, 15) is 4.79 Å². The fourth-order valence-electron chi connectivity index (χ4n) is 2.10. The number of thiazole rings is 1. The minimum absolute atomic E-state index is 0.141. The van der Waals surface area contributed by atoms with E-state index in [4.69, 9.17) is 6.11 Å². The third-order valence-corrected chi connectivity index (χ3v) is 3.77. The Kier molecular flexibility index (Phi) is 3.45. The van der Waals surface area contributed by atoms with Crippen LogP contribution in [-0.2, 0) is 19.2 Å². The van der Waals surface area contributed by atoms with E-state index in [0.717, 1.165) is 4.68 Å². The van der Waals surface area contributed by atoms with Gasteiger partial charge in [-0.25, -0.2) is 9.78 Å². The third kappa shape index (κ3) is 2.89.